The molecule has 0 amide bonds. The van der Waals surface area contributed by atoms with Crippen molar-refractivity contribution in [3.63, 3.8) is 0 Å². The summed E-state index contributed by atoms with van der Waals surface area (Å²) in [6, 6.07) is 8.29. The van der Waals surface area contributed by atoms with Gasteiger partial charge in [-0.15, -0.1) is 5.10 Å². The summed E-state index contributed by atoms with van der Waals surface area (Å²) in [6.45, 7) is 2.28. The van der Waals surface area contributed by atoms with E-state index >= 15 is 0 Å². The maximum Gasteiger partial charge on any atom is 0.316 e. The molecular formula is C15H15N5O2. The number of methoxy groups -OCH3 is 1. The van der Waals surface area contributed by atoms with Gasteiger partial charge in [-0.3, -0.25) is 0 Å². The predicted octanol–water partition coefficient (Wildman–Crippen LogP) is 1.95. The normalized spacial score (nSPS) is 10.5. The van der Waals surface area contributed by atoms with Crippen LogP contribution in [0.5, 0.6) is 11.8 Å². The highest BCUT2D eigenvalue weighted by atomic mass is 16.5. The molecule has 0 spiro atoms. The van der Waals surface area contributed by atoms with Crippen LogP contribution in [0.2, 0.25) is 0 Å². The largest absolute Gasteiger partial charge is 0.494 e. The summed E-state index contributed by atoms with van der Waals surface area (Å²) in [5.74, 6) is 0.581. The zero-order chi connectivity index (χ0) is 15.4. The smallest absolute Gasteiger partial charge is 0.316 e. The Morgan fingerprint density at radius 1 is 1.18 bits per heavy atom. The summed E-state index contributed by atoms with van der Waals surface area (Å²) in [7, 11) is 1.56. The van der Waals surface area contributed by atoms with Gasteiger partial charge in [0.1, 0.15) is 12.3 Å². The van der Waals surface area contributed by atoms with Crippen LogP contribution >= 0.6 is 0 Å². The minimum absolute atomic E-state index is 0.248. The Bertz CT molecular complexity index is 755. The number of hydrogen-bond donors (Lipinski definition) is 0. The average molecular weight is 297 g/mol. The first-order valence-corrected chi connectivity index (χ1v) is 6.72. The molecule has 22 heavy (non-hydrogen) atoms. The maximum atomic E-state index is 5.47. The van der Waals surface area contributed by atoms with Crippen molar-refractivity contribution in [2.75, 3.05) is 7.11 Å². The molecule has 3 aromatic rings. The van der Waals surface area contributed by atoms with E-state index in [0.717, 1.165) is 11.3 Å². The molecule has 7 nitrogen and oxygen atoms in total. The van der Waals surface area contributed by atoms with E-state index in [2.05, 4.69) is 20.3 Å². The number of ether oxygens (including phenoxy) is 2. The molecule has 0 saturated heterocycles. The lowest BCUT2D eigenvalue weighted by atomic mass is 10.2. The highest BCUT2D eigenvalue weighted by Gasteiger charge is 2.05. The van der Waals surface area contributed by atoms with Crippen molar-refractivity contribution in [2.45, 2.75) is 13.5 Å². The van der Waals surface area contributed by atoms with E-state index in [1.807, 2.05) is 37.4 Å². The van der Waals surface area contributed by atoms with Crippen LogP contribution in [0.25, 0.3) is 5.69 Å². The number of benzene rings is 1. The summed E-state index contributed by atoms with van der Waals surface area (Å²) in [4.78, 5) is 8.06. The lowest BCUT2D eigenvalue weighted by Gasteiger charge is -2.02. The van der Waals surface area contributed by atoms with Gasteiger partial charge >= 0.3 is 6.01 Å². The number of nitrogens with zero attached hydrogens (tertiary/aromatic N) is 5. The summed E-state index contributed by atoms with van der Waals surface area (Å²) in [5, 5.41) is 8.17. The number of aromatic nitrogens is 5. The monoisotopic (exact) mass is 297 g/mol. The zero-order valence-electron chi connectivity index (χ0n) is 12.3. The first-order chi connectivity index (χ1) is 10.7. The van der Waals surface area contributed by atoms with E-state index in [1.54, 1.807) is 24.2 Å². The van der Waals surface area contributed by atoms with Gasteiger partial charge in [0.25, 0.3) is 0 Å². The molecular weight excluding hydrogens is 282 g/mol. The molecule has 0 bridgehead atoms. The minimum atomic E-state index is 0.248. The number of hydrogen-bond acceptors (Lipinski definition) is 6. The fraction of sp³-hybridized carbons (Fsp3) is 0.200. The topological polar surface area (TPSA) is 75.0 Å². The van der Waals surface area contributed by atoms with Crippen molar-refractivity contribution in [1.82, 2.24) is 25.0 Å². The highest BCUT2D eigenvalue weighted by molar-refractivity contribution is 5.34. The molecule has 0 N–H and O–H groups in total. The molecule has 0 aliphatic carbocycles. The third-order valence-corrected chi connectivity index (χ3v) is 3.00. The molecule has 0 unspecified atom stereocenters. The second kappa shape index (κ2) is 6.21. The van der Waals surface area contributed by atoms with Crippen LogP contribution in [0.15, 0.2) is 42.9 Å². The zero-order valence-corrected chi connectivity index (χ0v) is 12.3. The lowest BCUT2D eigenvalue weighted by Crippen LogP contribution is -2.00. The molecule has 1 aromatic carbocycles. The van der Waals surface area contributed by atoms with Crippen LogP contribution in [0.3, 0.4) is 0 Å². The molecule has 2 aromatic heterocycles. The second-order valence-corrected chi connectivity index (χ2v) is 4.69. The molecule has 7 heteroatoms. The van der Waals surface area contributed by atoms with Gasteiger partial charge in [-0.05, 0) is 24.6 Å². The number of rotatable bonds is 5. The lowest BCUT2D eigenvalue weighted by molar-refractivity contribution is 0.274. The van der Waals surface area contributed by atoms with Crippen molar-refractivity contribution in [2.24, 2.45) is 0 Å². The molecule has 0 atom stereocenters. The molecule has 0 radical (unpaired) electrons. The molecule has 0 aliphatic rings. The van der Waals surface area contributed by atoms with Gasteiger partial charge in [0, 0.05) is 0 Å². The van der Waals surface area contributed by atoms with Crippen molar-refractivity contribution in [1.29, 1.82) is 0 Å². The van der Waals surface area contributed by atoms with Crippen LogP contribution < -0.4 is 9.47 Å². The summed E-state index contributed by atoms with van der Waals surface area (Å²) in [5.41, 5.74) is 2.82. The maximum absolute atomic E-state index is 5.47. The van der Waals surface area contributed by atoms with Crippen molar-refractivity contribution < 1.29 is 9.47 Å². The van der Waals surface area contributed by atoms with Crippen LogP contribution in [-0.4, -0.2) is 32.1 Å². The van der Waals surface area contributed by atoms with Gasteiger partial charge in [-0.2, -0.15) is 9.97 Å². The summed E-state index contributed by atoms with van der Waals surface area (Å²) >= 11 is 0. The Kier molecular flexibility index (Phi) is 3.95. The van der Waals surface area contributed by atoms with Crippen LogP contribution in [0.4, 0.5) is 0 Å². The van der Waals surface area contributed by atoms with E-state index in [0.29, 0.717) is 11.4 Å². The Morgan fingerprint density at radius 3 is 2.73 bits per heavy atom. The minimum Gasteiger partial charge on any atom is -0.494 e. The second-order valence-electron chi connectivity index (χ2n) is 4.69. The van der Waals surface area contributed by atoms with E-state index in [9.17, 15) is 0 Å². The van der Waals surface area contributed by atoms with Gasteiger partial charge in [-0.25, -0.2) is 4.68 Å². The van der Waals surface area contributed by atoms with Crippen LogP contribution in [-0.2, 0) is 6.61 Å². The van der Waals surface area contributed by atoms with Gasteiger partial charge in [-0.1, -0.05) is 17.3 Å². The predicted molar refractivity (Wildman–Crippen MR) is 79.0 cm³/mol. The van der Waals surface area contributed by atoms with E-state index in [4.69, 9.17) is 9.47 Å². The molecule has 3 rings (SSSR count). The van der Waals surface area contributed by atoms with Crippen LogP contribution in [0.1, 0.15) is 11.3 Å². The fourth-order valence-corrected chi connectivity index (χ4v) is 1.88. The fourth-order valence-electron chi connectivity index (χ4n) is 1.88. The molecule has 0 aliphatic heterocycles. The van der Waals surface area contributed by atoms with E-state index < -0.39 is 0 Å². The van der Waals surface area contributed by atoms with Crippen LogP contribution in [0, 0.1) is 6.92 Å². The molecule has 0 saturated carbocycles. The van der Waals surface area contributed by atoms with Crippen molar-refractivity contribution >= 4 is 0 Å². The Hall–Kier alpha value is -2.96. The Morgan fingerprint density at radius 2 is 2.00 bits per heavy atom. The summed E-state index contributed by atoms with van der Waals surface area (Å²) < 4.78 is 12.2. The Labute approximate surface area is 127 Å². The number of aryl methyl sites for hydroxylation is 1. The van der Waals surface area contributed by atoms with Crippen molar-refractivity contribution in [3.05, 3.63) is 54.1 Å². The average Bonchev–Trinajstić information content (AvgIpc) is 3.02. The van der Waals surface area contributed by atoms with Gasteiger partial charge < -0.3 is 9.47 Å². The first kappa shape index (κ1) is 14.0. The van der Waals surface area contributed by atoms with E-state index in [-0.39, 0.29) is 12.6 Å². The van der Waals surface area contributed by atoms with Gasteiger partial charge in [0.2, 0.25) is 0 Å². The SMILES string of the molecule is COc1cnc(OCc2cn(-c3cccc(C)c3)nn2)nc1. The molecule has 2 heterocycles. The standard InChI is InChI=1S/C15H15N5O2/c1-11-4-3-5-13(6-11)20-9-12(18-19-20)10-22-15-16-7-14(21-2)8-17-15/h3-9H,10H2,1-2H3. The Balaban J connectivity index is 1.66. The molecule has 112 valence electrons. The third-order valence-electron chi connectivity index (χ3n) is 3.00. The highest BCUT2D eigenvalue weighted by Crippen LogP contribution is 2.12. The van der Waals surface area contributed by atoms with E-state index in [1.165, 1.54) is 0 Å². The van der Waals surface area contributed by atoms with Crippen molar-refractivity contribution in [3.8, 4) is 17.4 Å². The van der Waals surface area contributed by atoms with Gasteiger partial charge in [0.15, 0.2) is 5.75 Å². The third kappa shape index (κ3) is 3.20. The molecule has 0 fully saturated rings. The quantitative estimate of drug-likeness (QED) is 0.716. The summed E-state index contributed by atoms with van der Waals surface area (Å²) in [6.07, 6.45) is 4.91. The van der Waals surface area contributed by atoms with Gasteiger partial charge in [0.05, 0.1) is 31.4 Å². The first-order valence-electron chi connectivity index (χ1n) is 6.72.